The molecule has 0 bridgehead atoms. The molecule has 6 nitrogen and oxygen atoms in total. The number of fused-ring (bicyclic) bond motifs is 1. The first-order chi connectivity index (χ1) is 12.1. The van der Waals surface area contributed by atoms with Crippen molar-refractivity contribution >= 4 is 23.1 Å². The molecule has 6 heteroatoms. The first-order valence-corrected chi connectivity index (χ1v) is 7.53. The van der Waals surface area contributed by atoms with E-state index in [0.717, 1.165) is 5.56 Å². The zero-order valence-electron chi connectivity index (χ0n) is 14.1. The Morgan fingerprint density at radius 1 is 0.920 bits per heavy atom. The smallest absolute Gasteiger partial charge is 0.347 e. The molecule has 0 unspecified atom stereocenters. The third-order valence-electron chi connectivity index (χ3n) is 3.68. The Morgan fingerprint density at radius 3 is 2.44 bits per heavy atom. The van der Waals surface area contributed by atoms with Crippen LogP contribution in [0.2, 0.25) is 0 Å². The van der Waals surface area contributed by atoms with Crippen molar-refractivity contribution in [2.24, 2.45) is 0 Å². The topological polar surface area (TPSA) is 70.8 Å². The Kier molecular flexibility index (Phi) is 4.70. The van der Waals surface area contributed by atoms with Gasteiger partial charge in [0.25, 0.3) is 0 Å². The Labute approximate surface area is 144 Å². The maximum atomic E-state index is 12.1. The number of aromatic nitrogens is 1. The lowest BCUT2D eigenvalue weighted by molar-refractivity contribution is 0.355. The lowest BCUT2D eigenvalue weighted by atomic mass is 10.2. The summed E-state index contributed by atoms with van der Waals surface area (Å²) in [5, 5.41) is 0.377. The minimum absolute atomic E-state index is 0.220. The quantitative estimate of drug-likeness (QED) is 0.710. The van der Waals surface area contributed by atoms with E-state index >= 15 is 0 Å². The lowest BCUT2D eigenvalue weighted by Crippen LogP contribution is -2.03. The summed E-state index contributed by atoms with van der Waals surface area (Å²) in [6, 6.07) is 10.6. The standard InChI is InChI=1S/C19H17NO5/c1-22-13-6-7-15-14(11-13)19(21)25-18(20-15)9-5-12-4-8-16(23-2)17(10-12)24-3/h4-11H,1-3H3. The van der Waals surface area contributed by atoms with Gasteiger partial charge < -0.3 is 18.6 Å². The van der Waals surface area contributed by atoms with Crippen LogP contribution < -0.4 is 19.8 Å². The van der Waals surface area contributed by atoms with Gasteiger partial charge in [0.2, 0.25) is 5.89 Å². The van der Waals surface area contributed by atoms with Crippen LogP contribution in [-0.4, -0.2) is 26.3 Å². The average Bonchev–Trinajstić information content (AvgIpc) is 2.65. The first-order valence-electron chi connectivity index (χ1n) is 7.53. The molecule has 25 heavy (non-hydrogen) atoms. The summed E-state index contributed by atoms with van der Waals surface area (Å²) in [4.78, 5) is 16.5. The van der Waals surface area contributed by atoms with Gasteiger partial charge in [0.1, 0.15) is 5.75 Å². The van der Waals surface area contributed by atoms with Crippen molar-refractivity contribution < 1.29 is 18.6 Å². The van der Waals surface area contributed by atoms with Crippen molar-refractivity contribution in [2.75, 3.05) is 21.3 Å². The fourth-order valence-corrected chi connectivity index (χ4v) is 2.39. The highest BCUT2D eigenvalue weighted by Crippen LogP contribution is 2.28. The van der Waals surface area contributed by atoms with E-state index in [9.17, 15) is 4.79 Å². The van der Waals surface area contributed by atoms with Crippen LogP contribution in [0, 0.1) is 0 Å². The molecule has 0 aliphatic heterocycles. The molecule has 0 amide bonds. The van der Waals surface area contributed by atoms with Crippen LogP contribution in [-0.2, 0) is 0 Å². The second-order valence-corrected chi connectivity index (χ2v) is 5.17. The molecular weight excluding hydrogens is 322 g/mol. The molecule has 0 spiro atoms. The summed E-state index contributed by atoms with van der Waals surface area (Å²) >= 11 is 0. The minimum atomic E-state index is -0.462. The maximum Gasteiger partial charge on any atom is 0.347 e. The highest BCUT2D eigenvalue weighted by atomic mass is 16.5. The van der Waals surface area contributed by atoms with E-state index in [1.54, 1.807) is 50.6 Å². The van der Waals surface area contributed by atoms with Crippen molar-refractivity contribution in [3.8, 4) is 17.2 Å². The molecule has 2 aromatic carbocycles. The van der Waals surface area contributed by atoms with Crippen LogP contribution in [0.15, 0.2) is 45.6 Å². The molecule has 0 fully saturated rings. The van der Waals surface area contributed by atoms with Crippen molar-refractivity contribution in [1.82, 2.24) is 4.98 Å². The van der Waals surface area contributed by atoms with Gasteiger partial charge in [-0.2, -0.15) is 0 Å². The van der Waals surface area contributed by atoms with E-state index < -0.39 is 5.63 Å². The zero-order valence-corrected chi connectivity index (χ0v) is 14.1. The highest BCUT2D eigenvalue weighted by molar-refractivity contribution is 5.80. The van der Waals surface area contributed by atoms with E-state index in [-0.39, 0.29) is 5.89 Å². The van der Waals surface area contributed by atoms with Gasteiger partial charge in [-0.3, -0.25) is 0 Å². The number of rotatable bonds is 5. The van der Waals surface area contributed by atoms with E-state index in [0.29, 0.717) is 28.2 Å². The van der Waals surface area contributed by atoms with Gasteiger partial charge in [-0.25, -0.2) is 9.78 Å². The van der Waals surface area contributed by atoms with Crippen LogP contribution in [0.4, 0.5) is 0 Å². The predicted molar refractivity (Wildman–Crippen MR) is 95.3 cm³/mol. The minimum Gasteiger partial charge on any atom is -0.497 e. The van der Waals surface area contributed by atoms with Gasteiger partial charge in [-0.05, 0) is 42.0 Å². The number of benzene rings is 2. The summed E-state index contributed by atoms with van der Waals surface area (Å²) in [6.45, 7) is 0. The third kappa shape index (κ3) is 3.47. The lowest BCUT2D eigenvalue weighted by Gasteiger charge is -2.07. The third-order valence-corrected chi connectivity index (χ3v) is 3.68. The van der Waals surface area contributed by atoms with E-state index in [1.165, 1.54) is 7.11 Å². The zero-order chi connectivity index (χ0) is 17.8. The fraction of sp³-hybridized carbons (Fsp3) is 0.158. The molecule has 0 N–H and O–H groups in total. The van der Waals surface area contributed by atoms with Crippen LogP contribution in [0.25, 0.3) is 23.1 Å². The second-order valence-electron chi connectivity index (χ2n) is 5.17. The summed E-state index contributed by atoms with van der Waals surface area (Å²) in [5.74, 6) is 2.06. The molecule has 0 radical (unpaired) electrons. The van der Waals surface area contributed by atoms with E-state index in [4.69, 9.17) is 18.6 Å². The van der Waals surface area contributed by atoms with Gasteiger partial charge in [0.15, 0.2) is 11.5 Å². The Bertz CT molecular complexity index is 991. The summed E-state index contributed by atoms with van der Waals surface area (Å²) in [6.07, 6.45) is 3.41. The van der Waals surface area contributed by atoms with Gasteiger partial charge >= 0.3 is 5.63 Å². The predicted octanol–water partition coefficient (Wildman–Crippen LogP) is 3.38. The second kappa shape index (κ2) is 7.09. The molecule has 3 aromatic rings. The van der Waals surface area contributed by atoms with Gasteiger partial charge in [0, 0.05) is 6.08 Å². The van der Waals surface area contributed by atoms with Crippen molar-refractivity contribution in [3.63, 3.8) is 0 Å². The molecule has 3 rings (SSSR count). The van der Waals surface area contributed by atoms with Crippen LogP contribution in [0.1, 0.15) is 11.5 Å². The number of hydrogen-bond donors (Lipinski definition) is 0. The van der Waals surface area contributed by atoms with Gasteiger partial charge in [-0.1, -0.05) is 6.07 Å². The monoisotopic (exact) mass is 339 g/mol. The molecule has 1 aromatic heterocycles. The number of hydrogen-bond acceptors (Lipinski definition) is 6. The SMILES string of the molecule is COc1ccc2nc(C=Cc3ccc(OC)c(OC)c3)oc(=O)c2c1. The highest BCUT2D eigenvalue weighted by Gasteiger charge is 2.07. The number of nitrogens with zero attached hydrogens (tertiary/aromatic N) is 1. The van der Waals surface area contributed by atoms with Crippen LogP contribution >= 0.6 is 0 Å². The van der Waals surface area contributed by atoms with Crippen molar-refractivity contribution in [2.45, 2.75) is 0 Å². The molecule has 128 valence electrons. The number of methoxy groups -OCH3 is 3. The van der Waals surface area contributed by atoms with Crippen molar-refractivity contribution in [3.05, 3.63) is 58.3 Å². The Balaban J connectivity index is 1.95. The fourth-order valence-electron chi connectivity index (χ4n) is 2.39. The molecule has 0 saturated carbocycles. The van der Waals surface area contributed by atoms with Gasteiger partial charge in [0.05, 0.1) is 32.2 Å². The Morgan fingerprint density at radius 2 is 1.72 bits per heavy atom. The summed E-state index contributed by atoms with van der Waals surface area (Å²) in [5.41, 5.74) is 0.941. The molecule has 0 aliphatic carbocycles. The number of ether oxygens (including phenoxy) is 3. The Hall–Kier alpha value is -3.28. The molecule has 1 heterocycles. The van der Waals surface area contributed by atoms with Gasteiger partial charge in [-0.15, -0.1) is 0 Å². The van der Waals surface area contributed by atoms with Crippen molar-refractivity contribution in [1.29, 1.82) is 0 Å². The molecule has 0 aliphatic rings. The summed E-state index contributed by atoms with van der Waals surface area (Å²) < 4.78 is 20.8. The molecular formula is C19H17NO5. The van der Waals surface area contributed by atoms with E-state index in [1.807, 2.05) is 12.1 Å². The largest absolute Gasteiger partial charge is 0.497 e. The normalized spacial score (nSPS) is 11.0. The van der Waals surface area contributed by atoms with Crippen LogP contribution in [0.3, 0.4) is 0 Å². The van der Waals surface area contributed by atoms with Crippen LogP contribution in [0.5, 0.6) is 17.2 Å². The molecule has 0 saturated heterocycles. The first kappa shape index (κ1) is 16.6. The molecule has 0 atom stereocenters. The van der Waals surface area contributed by atoms with E-state index in [2.05, 4.69) is 4.98 Å². The summed E-state index contributed by atoms with van der Waals surface area (Å²) in [7, 11) is 4.69. The average molecular weight is 339 g/mol. The maximum absolute atomic E-state index is 12.1.